The van der Waals surface area contributed by atoms with Crippen molar-refractivity contribution in [3.8, 4) is 11.8 Å². The van der Waals surface area contributed by atoms with E-state index in [9.17, 15) is 0 Å². The van der Waals surface area contributed by atoms with E-state index in [0.29, 0.717) is 6.04 Å². The van der Waals surface area contributed by atoms with Gasteiger partial charge in [0.25, 0.3) is 0 Å². The number of rotatable bonds is 6. The Bertz CT molecular complexity index is 461. The minimum absolute atomic E-state index is 0.103. The molecule has 0 saturated heterocycles. The molecule has 0 bridgehead atoms. The van der Waals surface area contributed by atoms with Crippen molar-refractivity contribution in [3.05, 3.63) is 24.3 Å². The molecule has 1 aliphatic rings. The number of nitrogens with one attached hydrogen (secondary N) is 1. The van der Waals surface area contributed by atoms with Gasteiger partial charge in [-0.25, -0.2) is 0 Å². The molecule has 2 rings (SSSR count). The largest absolute Gasteiger partial charge is 0.479 e. The molecule has 2 atom stereocenters. The van der Waals surface area contributed by atoms with Gasteiger partial charge in [0.05, 0.1) is 0 Å². The Morgan fingerprint density at radius 2 is 2.05 bits per heavy atom. The second-order valence-electron chi connectivity index (χ2n) is 6.47. The average Bonchev–Trinajstić information content (AvgIpc) is 2.46. The number of nitriles is 1. The molecule has 0 spiro atoms. The molecule has 1 aromatic carbocycles. The van der Waals surface area contributed by atoms with Crippen molar-refractivity contribution < 1.29 is 4.74 Å². The van der Waals surface area contributed by atoms with Crippen LogP contribution in [0.15, 0.2) is 24.3 Å². The fourth-order valence-corrected chi connectivity index (χ4v) is 3.30. The van der Waals surface area contributed by atoms with Crippen LogP contribution in [0.25, 0.3) is 0 Å². The first kappa shape index (κ1) is 15.7. The SMILES string of the molecule is CC(C)CC1CCCC(Nc2ccc(OCC#N)cc2)C1. The van der Waals surface area contributed by atoms with Gasteiger partial charge in [-0.2, -0.15) is 5.26 Å². The molecule has 1 aromatic rings. The normalized spacial score (nSPS) is 21.8. The Morgan fingerprint density at radius 1 is 1.29 bits per heavy atom. The Morgan fingerprint density at radius 3 is 2.71 bits per heavy atom. The zero-order chi connectivity index (χ0) is 15.1. The summed E-state index contributed by atoms with van der Waals surface area (Å²) in [5, 5.41) is 12.1. The monoisotopic (exact) mass is 286 g/mol. The molecule has 3 nitrogen and oxygen atoms in total. The highest BCUT2D eigenvalue weighted by molar-refractivity contribution is 5.47. The molecule has 1 aliphatic carbocycles. The van der Waals surface area contributed by atoms with Gasteiger partial charge < -0.3 is 10.1 Å². The lowest BCUT2D eigenvalue weighted by atomic mass is 9.81. The van der Waals surface area contributed by atoms with Crippen LogP contribution in [-0.2, 0) is 0 Å². The van der Waals surface area contributed by atoms with Crippen LogP contribution in [-0.4, -0.2) is 12.6 Å². The number of hydrogen-bond acceptors (Lipinski definition) is 3. The summed E-state index contributed by atoms with van der Waals surface area (Å²) in [6.45, 7) is 4.74. The quantitative estimate of drug-likeness (QED) is 0.830. The lowest BCUT2D eigenvalue weighted by molar-refractivity contribution is 0.289. The van der Waals surface area contributed by atoms with Crippen LogP contribution in [0.1, 0.15) is 46.0 Å². The number of ether oxygens (including phenoxy) is 1. The van der Waals surface area contributed by atoms with Crippen LogP contribution in [0.3, 0.4) is 0 Å². The first-order chi connectivity index (χ1) is 10.2. The van der Waals surface area contributed by atoms with Crippen molar-refractivity contribution in [2.24, 2.45) is 11.8 Å². The molecule has 0 amide bonds. The van der Waals surface area contributed by atoms with Gasteiger partial charge in [0.1, 0.15) is 11.8 Å². The highest BCUT2D eigenvalue weighted by atomic mass is 16.5. The third-order valence-electron chi connectivity index (χ3n) is 4.12. The minimum atomic E-state index is 0.103. The van der Waals surface area contributed by atoms with Gasteiger partial charge in [0.2, 0.25) is 0 Å². The maximum atomic E-state index is 8.50. The fraction of sp³-hybridized carbons (Fsp3) is 0.611. The van der Waals surface area contributed by atoms with Crippen LogP contribution in [0.4, 0.5) is 5.69 Å². The van der Waals surface area contributed by atoms with E-state index in [1.165, 1.54) is 32.1 Å². The van der Waals surface area contributed by atoms with Gasteiger partial charge in [-0.3, -0.25) is 0 Å². The van der Waals surface area contributed by atoms with Gasteiger partial charge in [-0.15, -0.1) is 0 Å². The number of anilines is 1. The van der Waals surface area contributed by atoms with Crippen LogP contribution >= 0.6 is 0 Å². The summed E-state index contributed by atoms with van der Waals surface area (Å²) in [7, 11) is 0. The molecule has 0 aliphatic heterocycles. The summed E-state index contributed by atoms with van der Waals surface area (Å²) in [5.41, 5.74) is 1.15. The number of hydrogen-bond donors (Lipinski definition) is 1. The second kappa shape index (κ2) is 7.93. The van der Waals surface area contributed by atoms with Crippen molar-refractivity contribution in [2.75, 3.05) is 11.9 Å². The maximum Gasteiger partial charge on any atom is 0.174 e. The van der Waals surface area contributed by atoms with E-state index in [-0.39, 0.29) is 6.61 Å². The summed E-state index contributed by atoms with van der Waals surface area (Å²) in [5.74, 6) is 2.42. The molecule has 114 valence electrons. The standard InChI is InChI=1S/C18H26N2O/c1-14(2)12-15-4-3-5-17(13-15)20-16-6-8-18(9-7-16)21-11-10-19/h6-9,14-15,17,20H,3-5,11-13H2,1-2H3. The van der Waals surface area contributed by atoms with Crippen molar-refractivity contribution in [2.45, 2.75) is 52.0 Å². The summed E-state index contributed by atoms with van der Waals surface area (Å²) < 4.78 is 5.27. The van der Waals surface area contributed by atoms with E-state index in [2.05, 4.69) is 19.2 Å². The zero-order valence-electron chi connectivity index (χ0n) is 13.1. The molecular formula is C18H26N2O. The van der Waals surface area contributed by atoms with Crippen LogP contribution < -0.4 is 10.1 Å². The van der Waals surface area contributed by atoms with Crippen molar-refractivity contribution >= 4 is 5.69 Å². The third kappa shape index (κ3) is 5.30. The summed E-state index contributed by atoms with van der Waals surface area (Å²) in [6, 6.07) is 10.5. The average molecular weight is 286 g/mol. The Balaban J connectivity index is 1.84. The lowest BCUT2D eigenvalue weighted by Crippen LogP contribution is -2.27. The molecule has 0 heterocycles. The molecule has 1 fully saturated rings. The zero-order valence-corrected chi connectivity index (χ0v) is 13.1. The highest BCUT2D eigenvalue weighted by Crippen LogP contribution is 2.31. The maximum absolute atomic E-state index is 8.50. The number of benzene rings is 1. The molecule has 0 aromatic heterocycles. The molecule has 3 heteroatoms. The van der Waals surface area contributed by atoms with Gasteiger partial charge in [-0.1, -0.05) is 26.7 Å². The van der Waals surface area contributed by atoms with Crippen molar-refractivity contribution in [1.82, 2.24) is 0 Å². The first-order valence-electron chi connectivity index (χ1n) is 8.03. The van der Waals surface area contributed by atoms with E-state index < -0.39 is 0 Å². The Hall–Kier alpha value is -1.69. The predicted molar refractivity (Wildman–Crippen MR) is 86.4 cm³/mol. The Kier molecular flexibility index (Phi) is 5.92. The van der Waals surface area contributed by atoms with Crippen LogP contribution in [0, 0.1) is 23.2 Å². The van der Waals surface area contributed by atoms with Gasteiger partial charge in [0.15, 0.2) is 6.61 Å². The van der Waals surface area contributed by atoms with E-state index in [4.69, 9.17) is 10.00 Å². The van der Waals surface area contributed by atoms with Crippen LogP contribution in [0.5, 0.6) is 5.75 Å². The van der Waals surface area contributed by atoms with Crippen LogP contribution in [0.2, 0.25) is 0 Å². The van der Waals surface area contributed by atoms with E-state index in [0.717, 1.165) is 23.3 Å². The molecule has 1 saturated carbocycles. The molecule has 2 unspecified atom stereocenters. The van der Waals surface area contributed by atoms with Crippen molar-refractivity contribution in [3.63, 3.8) is 0 Å². The van der Waals surface area contributed by atoms with Gasteiger partial charge in [0, 0.05) is 11.7 Å². The van der Waals surface area contributed by atoms with Gasteiger partial charge >= 0.3 is 0 Å². The molecular weight excluding hydrogens is 260 g/mol. The van der Waals surface area contributed by atoms with E-state index in [1.54, 1.807) is 0 Å². The molecule has 1 N–H and O–H groups in total. The first-order valence-corrected chi connectivity index (χ1v) is 8.03. The summed E-state index contributed by atoms with van der Waals surface area (Å²) in [4.78, 5) is 0. The Labute approximate surface area is 128 Å². The third-order valence-corrected chi connectivity index (χ3v) is 4.12. The fourth-order valence-electron chi connectivity index (χ4n) is 3.30. The lowest BCUT2D eigenvalue weighted by Gasteiger charge is -2.31. The smallest absolute Gasteiger partial charge is 0.174 e. The number of nitrogens with zero attached hydrogens (tertiary/aromatic N) is 1. The second-order valence-corrected chi connectivity index (χ2v) is 6.47. The van der Waals surface area contributed by atoms with Crippen molar-refractivity contribution in [1.29, 1.82) is 5.26 Å². The minimum Gasteiger partial charge on any atom is -0.479 e. The topological polar surface area (TPSA) is 45.0 Å². The molecule has 21 heavy (non-hydrogen) atoms. The predicted octanol–water partition coefficient (Wildman–Crippen LogP) is 4.61. The van der Waals surface area contributed by atoms with E-state index >= 15 is 0 Å². The summed E-state index contributed by atoms with van der Waals surface area (Å²) in [6.07, 6.45) is 6.61. The highest BCUT2D eigenvalue weighted by Gasteiger charge is 2.22. The van der Waals surface area contributed by atoms with E-state index in [1.807, 2.05) is 30.3 Å². The summed E-state index contributed by atoms with van der Waals surface area (Å²) >= 11 is 0. The molecule has 0 radical (unpaired) electrons. The van der Waals surface area contributed by atoms with Gasteiger partial charge in [-0.05, 0) is 55.4 Å².